The largest absolute Gasteiger partial charge is 0.192 e. The number of rotatable bonds is 0. The fraction of sp³-hybridized carbons (Fsp3) is 0.0741. The molecule has 2 heteroatoms. The summed E-state index contributed by atoms with van der Waals surface area (Å²) in [6, 6.07) is 31.7. The van der Waals surface area contributed by atoms with E-state index in [9.17, 15) is 0 Å². The molecule has 0 radical (unpaired) electrons. The third kappa shape index (κ3) is 3.28. The first-order chi connectivity index (χ1) is 14.2. The van der Waals surface area contributed by atoms with E-state index in [-0.39, 0.29) is 0 Å². The van der Waals surface area contributed by atoms with E-state index >= 15 is 0 Å². The normalized spacial score (nSPS) is 12.0. The van der Waals surface area contributed by atoms with E-state index in [0.717, 1.165) is 18.4 Å². The lowest BCUT2D eigenvalue weighted by Crippen LogP contribution is -1.81. The Balaban J connectivity index is 0.000000125. The Morgan fingerprint density at radius 1 is 0.586 bits per heavy atom. The highest BCUT2D eigenvalue weighted by Crippen LogP contribution is 2.38. The summed E-state index contributed by atoms with van der Waals surface area (Å²) in [4.78, 5) is 0. The predicted octanol–water partition coefficient (Wildman–Crippen LogP) is 7.15. The second-order valence-corrected chi connectivity index (χ2v) is 8.37. The second-order valence-electron chi connectivity index (χ2n) is 7.45. The molecule has 0 N–H and O–H groups in total. The molecule has 0 spiro atoms. The topological polar surface area (TPSA) is 23.8 Å². The van der Waals surface area contributed by atoms with Crippen molar-refractivity contribution < 1.29 is 0 Å². The molecule has 2 aliphatic carbocycles. The lowest BCUT2D eigenvalue weighted by atomic mass is 10.0. The van der Waals surface area contributed by atoms with Crippen LogP contribution in [0.25, 0.3) is 22.3 Å². The van der Waals surface area contributed by atoms with Crippen molar-refractivity contribution in [3.05, 3.63) is 117 Å². The molecule has 0 aliphatic heterocycles. The Kier molecular flexibility index (Phi) is 4.54. The number of halogens is 1. The molecule has 4 aromatic rings. The van der Waals surface area contributed by atoms with Gasteiger partial charge < -0.3 is 0 Å². The highest BCUT2D eigenvalue weighted by atomic mass is 79.9. The first-order valence-corrected chi connectivity index (χ1v) is 10.5. The molecular weight excluding hydrogens is 418 g/mol. The van der Waals surface area contributed by atoms with Gasteiger partial charge in [0.05, 0.1) is 11.6 Å². The maximum Gasteiger partial charge on any atom is 0.0991 e. The number of nitrogens with zero attached hydrogens (tertiary/aromatic N) is 1. The first kappa shape index (κ1) is 17.9. The van der Waals surface area contributed by atoms with Crippen molar-refractivity contribution in [3.8, 4) is 28.3 Å². The summed E-state index contributed by atoms with van der Waals surface area (Å²) in [5.41, 5.74) is 11.7. The van der Waals surface area contributed by atoms with Crippen molar-refractivity contribution in [2.75, 3.05) is 0 Å². The van der Waals surface area contributed by atoms with Crippen molar-refractivity contribution >= 4 is 15.9 Å². The minimum atomic E-state index is 0.751. The van der Waals surface area contributed by atoms with Gasteiger partial charge in [0.25, 0.3) is 0 Å². The van der Waals surface area contributed by atoms with Gasteiger partial charge in [0.2, 0.25) is 0 Å². The van der Waals surface area contributed by atoms with Crippen molar-refractivity contribution in [3.63, 3.8) is 0 Å². The second kappa shape index (κ2) is 7.35. The quantitative estimate of drug-likeness (QED) is 0.248. The average Bonchev–Trinajstić information content (AvgIpc) is 3.31. The molecule has 6 rings (SSSR count). The molecule has 0 amide bonds. The van der Waals surface area contributed by atoms with Crippen molar-refractivity contribution in [2.45, 2.75) is 12.8 Å². The van der Waals surface area contributed by atoms with Gasteiger partial charge in [0.15, 0.2) is 0 Å². The summed E-state index contributed by atoms with van der Waals surface area (Å²) < 4.78 is 1.17. The van der Waals surface area contributed by atoms with Gasteiger partial charge in [-0.3, -0.25) is 0 Å². The van der Waals surface area contributed by atoms with Gasteiger partial charge in [0.1, 0.15) is 0 Å². The summed E-state index contributed by atoms with van der Waals surface area (Å²) >= 11 is 3.51. The van der Waals surface area contributed by atoms with Crippen LogP contribution in [0.3, 0.4) is 0 Å². The summed E-state index contributed by atoms with van der Waals surface area (Å²) in [6.45, 7) is 0. The van der Waals surface area contributed by atoms with Crippen molar-refractivity contribution in [1.29, 1.82) is 5.26 Å². The minimum Gasteiger partial charge on any atom is -0.192 e. The van der Waals surface area contributed by atoms with E-state index in [4.69, 9.17) is 5.26 Å². The number of hydrogen-bond acceptors (Lipinski definition) is 1. The minimum absolute atomic E-state index is 0.751. The van der Waals surface area contributed by atoms with E-state index < -0.39 is 0 Å². The van der Waals surface area contributed by atoms with Gasteiger partial charge in [-0.2, -0.15) is 5.26 Å². The maximum absolute atomic E-state index is 8.84. The van der Waals surface area contributed by atoms with Gasteiger partial charge in [-0.15, -0.1) is 0 Å². The highest BCUT2D eigenvalue weighted by molar-refractivity contribution is 9.10. The molecule has 1 nitrogen and oxygen atoms in total. The Bertz CT molecular complexity index is 1280. The van der Waals surface area contributed by atoms with Gasteiger partial charge in [0, 0.05) is 4.47 Å². The van der Waals surface area contributed by atoms with E-state index in [2.05, 4.69) is 94.8 Å². The molecule has 0 fully saturated rings. The molecule has 0 unspecified atom stereocenters. The zero-order valence-electron chi connectivity index (χ0n) is 15.8. The van der Waals surface area contributed by atoms with Crippen molar-refractivity contribution in [2.24, 2.45) is 0 Å². The van der Waals surface area contributed by atoms with Crippen LogP contribution in [0, 0.1) is 11.3 Å². The van der Waals surface area contributed by atoms with Gasteiger partial charge >= 0.3 is 0 Å². The Hall–Kier alpha value is -3.15. The van der Waals surface area contributed by atoms with Crippen LogP contribution < -0.4 is 0 Å². The molecule has 2 aliphatic rings. The van der Waals surface area contributed by atoms with Gasteiger partial charge in [-0.05, 0) is 81.6 Å². The third-order valence-electron chi connectivity index (χ3n) is 5.68. The SMILES string of the molecule is Brc1ccc2c(c1)Cc1ccccc1-2.N#Cc1ccc2c(c1)Cc1ccccc1-2. The molecule has 0 aromatic heterocycles. The zero-order valence-corrected chi connectivity index (χ0v) is 17.4. The zero-order chi connectivity index (χ0) is 19.8. The Labute approximate surface area is 179 Å². The molecule has 138 valence electrons. The molecule has 0 atom stereocenters. The standard InChI is InChI=1S/C14H9N.C13H9Br/c15-9-10-5-6-14-12(7-10)8-11-3-1-2-4-13(11)14;14-11-5-6-13-10(8-11)7-9-3-1-2-4-12(9)13/h1-7H,8H2;1-6,8H,7H2. The van der Waals surface area contributed by atoms with Crippen LogP contribution in [0.5, 0.6) is 0 Å². The Morgan fingerprint density at radius 3 is 1.72 bits per heavy atom. The Morgan fingerprint density at radius 2 is 1.10 bits per heavy atom. The van der Waals surface area contributed by atoms with E-state index in [0.29, 0.717) is 0 Å². The lowest BCUT2D eigenvalue weighted by molar-refractivity contribution is 1.26. The van der Waals surface area contributed by atoms with Crippen LogP contribution in [0.4, 0.5) is 0 Å². The summed E-state index contributed by atoms with van der Waals surface area (Å²) in [6.07, 6.45) is 2.03. The van der Waals surface area contributed by atoms with Gasteiger partial charge in [-0.1, -0.05) is 76.6 Å². The highest BCUT2D eigenvalue weighted by Gasteiger charge is 2.18. The van der Waals surface area contributed by atoms with E-state index in [1.54, 1.807) is 0 Å². The molecule has 0 saturated heterocycles. The molecule has 0 bridgehead atoms. The maximum atomic E-state index is 8.84. The molecule has 29 heavy (non-hydrogen) atoms. The van der Waals surface area contributed by atoms with Crippen LogP contribution in [0.1, 0.15) is 27.8 Å². The number of hydrogen-bond donors (Lipinski definition) is 0. The number of nitriles is 1. The lowest BCUT2D eigenvalue weighted by Gasteiger charge is -1.99. The smallest absolute Gasteiger partial charge is 0.0991 e. The van der Waals surface area contributed by atoms with Crippen LogP contribution in [0.2, 0.25) is 0 Å². The predicted molar refractivity (Wildman–Crippen MR) is 122 cm³/mol. The number of fused-ring (bicyclic) bond motifs is 6. The monoisotopic (exact) mass is 435 g/mol. The summed E-state index contributed by atoms with van der Waals surface area (Å²) in [7, 11) is 0. The molecule has 4 aromatic carbocycles. The fourth-order valence-corrected chi connectivity index (χ4v) is 4.74. The molecule has 0 heterocycles. The fourth-order valence-electron chi connectivity index (χ4n) is 4.33. The van der Waals surface area contributed by atoms with E-state index in [1.165, 1.54) is 49.0 Å². The first-order valence-electron chi connectivity index (χ1n) is 9.71. The van der Waals surface area contributed by atoms with Crippen LogP contribution in [-0.4, -0.2) is 0 Å². The van der Waals surface area contributed by atoms with E-state index in [1.807, 2.05) is 12.1 Å². The average molecular weight is 436 g/mol. The molecule has 0 saturated carbocycles. The van der Waals surface area contributed by atoms with Crippen molar-refractivity contribution in [1.82, 2.24) is 0 Å². The van der Waals surface area contributed by atoms with Crippen LogP contribution >= 0.6 is 15.9 Å². The van der Waals surface area contributed by atoms with Crippen LogP contribution in [0.15, 0.2) is 89.4 Å². The van der Waals surface area contributed by atoms with Gasteiger partial charge in [-0.25, -0.2) is 0 Å². The summed E-state index contributed by atoms with van der Waals surface area (Å²) in [5.74, 6) is 0. The molecular formula is C27H18BrN. The summed E-state index contributed by atoms with van der Waals surface area (Å²) in [5, 5.41) is 8.84. The number of benzene rings is 4. The third-order valence-corrected chi connectivity index (χ3v) is 6.17. The van der Waals surface area contributed by atoms with Crippen LogP contribution in [-0.2, 0) is 12.8 Å².